The highest BCUT2D eigenvalue weighted by Crippen LogP contribution is 2.20. The first-order valence-electron chi connectivity index (χ1n) is 6.57. The van der Waals surface area contributed by atoms with Crippen molar-refractivity contribution in [2.75, 3.05) is 4.72 Å². The topological polar surface area (TPSA) is 70.2 Å². The Morgan fingerprint density at radius 1 is 1.32 bits per heavy atom. The second-order valence-electron chi connectivity index (χ2n) is 5.23. The van der Waals surface area contributed by atoms with Crippen LogP contribution in [-0.2, 0) is 16.8 Å². The van der Waals surface area contributed by atoms with Gasteiger partial charge in [0.15, 0.2) is 0 Å². The lowest BCUT2D eigenvalue weighted by Gasteiger charge is -2.12. The van der Waals surface area contributed by atoms with Gasteiger partial charge in [0.05, 0.1) is 5.69 Å². The molecule has 6 heteroatoms. The number of nitrogens with one attached hydrogen (secondary N) is 3. The number of hydrogen-bond acceptors (Lipinski definition) is 3. The highest BCUT2D eigenvalue weighted by molar-refractivity contribution is 7.90. The van der Waals surface area contributed by atoms with Crippen molar-refractivity contribution in [2.45, 2.75) is 45.3 Å². The molecule has 0 spiro atoms. The molecule has 0 aliphatic heterocycles. The molecule has 0 aromatic heterocycles. The summed E-state index contributed by atoms with van der Waals surface area (Å²) in [5, 5.41) is 3.40. The molecule has 1 saturated carbocycles. The van der Waals surface area contributed by atoms with Gasteiger partial charge in [0.25, 0.3) is 10.2 Å². The maximum Gasteiger partial charge on any atom is 0.299 e. The largest absolute Gasteiger partial charge is 0.310 e. The lowest BCUT2D eigenvalue weighted by atomic mass is 10.2. The van der Waals surface area contributed by atoms with Gasteiger partial charge in [-0.1, -0.05) is 12.1 Å². The zero-order valence-corrected chi connectivity index (χ0v) is 12.1. The molecule has 5 nitrogen and oxygen atoms in total. The molecule has 0 atom stereocenters. The van der Waals surface area contributed by atoms with Crippen LogP contribution in [0.1, 0.15) is 32.3 Å². The quantitative estimate of drug-likeness (QED) is 0.712. The summed E-state index contributed by atoms with van der Waals surface area (Å²) in [7, 11) is -3.49. The van der Waals surface area contributed by atoms with E-state index in [0.29, 0.717) is 11.7 Å². The predicted molar refractivity (Wildman–Crippen MR) is 77.1 cm³/mol. The molecule has 1 aromatic rings. The molecule has 0 heterocycles. The van der Waals surface area contributed by atoms with Gasteiger partial charge in [-0.15, -0.1) is 0 Å². The van der Waals surface area contributed by atoms with E-state index in [0.717, 1.165) is 12.1 Å². The van der Waals surface area contributed by atoms with E-state index < -0.39 is 10.2 Å². The number of hydrogen-bond donors (Lipinski definition) is 3. The van der Waals surface area contributed by atoms with Crippen molar-refractivity contribution in [1.82, 2.24) is 10.0 Å². The van der Waals surface area contributed by atoms with Crippen LogP contribution in [0, 0.1) is 0 Å². The van der Waals surface area contributed by atoms with Crippen LogP contribution < -0.4 is 14.8 Å². The summed E-state index contributed by atoms with van der Waals surface area (Å²) in [6.45, 7) is 4.35. The highest BCUT2D eigenvalue weighted by Gasteiger charge is 2.20. The minimum atomic E-state index is -3.49. The number of rotatable bonds is 7. The summed E-state index contributed by atoms with van der Waals surface area (Å²) in [5.41, 5.74) is 1.67. The van der Waals surface area contributed by atoms with Crippen molar-refractivity contribution in [1.29, 1.82) is 0 Å². The van der Waals surface area contributed by atoms with Crippen LogP contribution in [0.25, 0.3) is 0 Å². The molecule has 1 aliphatic carbocycles. The van der Waals surface area contributed by atoms with Crippen molar-refractivity contribution >= 4 is 15.9 Å². The summed E-state index contributed by atoms with van der Waals surface area (Å²) < 4.78 is 28.5. The van der Waals surface area contributed by atoms with Gasteiger partial charge in [-0.05, 0) is 44.4 Å². The van der Waals surface area contributed by atoms with Gasteiger partial charge < -0.3 is 5.32 Å². The van der Waals surface area contributed by atoms with Crippen molar-refractivity contribution in [3.63, 3.8) is 0 Å². The molecule has 19 heavy (non-hydrogen) atoms. The van der Waals surface area contributed by atoms with Crippen LogP contribution in [0.2, 0.25) is 0 Å². The average molecular weight is 283 g/mol. The van der Waals surface area contributed by atoms with Gasteiger partial charge in [0.1, 0.15) is 0 Å². The molecule has 1 fully saturated rings. The van der Waals surface area contributed by atoms with Crippen LogP contribution in [0.3, 0.4) is 0 Å². The lowest BCUT2D eigenvalue weighted by Crippen LogP contribution is -2.35. The Morgan fingerprint density at radius 3 is 2.68 bits per heavy atom. The molecule has 106 valence electrons. The Kier molecular flexibility index (Phi) is 4.44. The van der Waals surface area contributed by atoms with Gasteiger partial charge in [-0.2, -0.15) is 13.1 Å². The highest BCUT2D eigenvalue weighted by atomic mass is 32.2. The van der Waals surface area contributed by atoms with Crippen molar-refractivity contribution in [3.8, 4) is 0 Å². The molecular weight excluding hydrogens is 262 g/mol. The second-order valence-corrected chi connectivity index (χ2v) is 6.68. The average Bonchev–Trinajstić information content (AvgIpc) is 3.07. The fourth-order valence-electron chi connectivity index (χ4n) is 1.79. The van der Waals surface area contributed by atoms with Crippen LogP contribution >= 0.6 is 0 Å². The molecule has 0 radical (unpaired) electrons. The van der Waals surface area contributed by atoms with Gasteiger partial charge in [-0.3, -0.25) is 4.72 Å². The maximum absolute atomic E-state index is 11.8. The lowest BCUT2D eigenvalue weighted by molar-refractivity contribution is 0.575. The normalized spacial score (nSPS) is 15.7. The first kappa shape index (κ1) is 14.3. The monoisotopic (exact) mass is 283 g/mol. The van der Waals surface area contributed by atoms with Gasteiger partial charge >= 0.3 is 0 Å². The number of anilines is 1. The Labute approximate surface area is 115 Å². The third kappa shape index (κ3) is 5.18. The summed E-state index contributed by atoms with van der Waals surface area (Å²) in [4.78, 5) is 0. The fraction of sp³-hybridized carbons (Fsp3) is 0.538. The second kappa shape index (κ2) is 5.90. The third-order valence-electron chi connectivity index (χ3n) is 2.74. The van der Waals surface area contributed by atoms with E-state index in [-0.39, 0.29) is 6.04 Å². The van der Waals surface area contributed by atoms with Crippen molar-refractivity contribution in [2.24, 2.45) is 0 Å². The molecule has 0 unspecified atom stereocenters. The first-order valence-corrected chi connectivity index (χ1v) is 8.05. The standard InChI is InChI=1S/C13H21N3O2S/c1-10(2)15-19(17,18)16-13-5-3-4-11(8-13)9-14-12-6-7-12/h3-5,8,10,12,14-16H,6-7,9H2,1-2H3. The SMILES string of the molecule is CC(C)NS(=O)(=O)Nc1cccc(CNC2CC2)c1. The fourth-order valence-corrected chi connectivity index (χ4v) is 2.91. The van der Waals surface area contributed by atoms with E-state index in [2.05, 4.69) is 14.8 Å². The van der Waals surface area contributed by atoms with E-state index in [9.17, 15) is 8.42 Å². The predicted octanol–water partition coefficient (Wildman–Crippen LogP) is 1.59. The zero-order valence-electron chi connectivity index (χ0n) is 11.3. The molecule has 3 N–H and O–H groups in total. The van der Waals surface area contributed by atoms with E-state index in [1.165, 1.54) is 12.8 Å². The van der Waals surface area contributed by atoms with Gasteiger partial charge in [0, 0.05) is 18.6 Å². The van der Waals surface area contributed by atoms with E-state index in [1.807, 2.05) is 18.2 Å². The smallest absolute Gasteiger partial charge is 0.299 e. The van der Waals surface area contributed by atoms with Crippen molar-refractivity contribution in [3.05, 3.63) is 29.8 Å². The Bertz CT molecular complexity index is 524. The minimum Gasteiger partial charge on any atom is -0.310 e. The minimum absolute atomic E-state index is 0.128. The summed E-state index contributed by atoms with van der Waals surface area (Å²) in [6.07, 6.45) is 2.48. The summed E-state index contributed by atoms with van der Waals surface area (Å²) >= 11 is 0. The summed E-state index contributed by atoms with van der Waals surface area (Å²) in [6, 6.07) is 7.97. The summed E-state index contributed by atoms with van der Waals surface area (Å²) in [5.74, 6) is 0. The number of benzene rings is 1. The molecule has 2 rings (SSSR count). The van der Waals surface area contributed by atoms with E-state index >= 15 is 0 Å². The van der Waals surface area contributed by atoms with Gasteiger partial charge in [0.2, 0.25) is 0 Å². The Morgan fingerprint density at radius 2 is 2.05 bits per heavy atom. The van der Waals surface area contributed by atoms with Gasteiger partial charge in [-0.25, -0.2) is 0 Å². The molecule has 0 saturated heterocycles. The third-order valence-corrected chi connectivity index (χ3v) is 4.03. The zero-order chi connectivity index (χ0) is 13.9. The Balaban J connectivity index is 1.97. The molecular formula is C13H21N3O2S. The van der Waals surface area contributed by atoms with E-state index in [1.54, 1.807) is 19.9 Å². The maximum atomic E-state index is 11.8. The van der Waals surface area contributed by atoms with Crippen molar-refractivity contribution < 1.29 is 8.42 Å². The first-order chi connectivity index (χ1) is 8.94. The van der Waals surface area contributed by atoms with Crippen LogP contribution in [-0.4, -0.2) is 20.5 Å². The van der Waals surface area contributed by atoms with Crippen LogP contribution in [0.15, 0.2) is 24.3 Å². The molecule has 1 aromatic carbocycles. The molecule has 0 amide bonds. The Hall–Kier alpha value is -1.11. The van der Waals surface area contributed by atoms with Crippen LogP contribution in [0.4, 0.5) is 5.69 Å². The van der Waals surface area contributed by atoms with Crippen LogP contribution in [0.5, 0.6) is 0 Å². The van der Waals surface area contributed by atoms with E-state index in [4.69, 9.17) is 0 Å². The molecule has 0 bridgehead atoms. The molecule has 1 aliphatic rings.